The molecule has 14 N–H and O–H groups in total. The van der Waals surface area contributed by atoms with Gasteiger partial charge in [-0.25, -0.2) is 23.7 Å². The van der Waals surface area contributed by atoms with Crippen molar-refractivity contribution in [2.45, 2.75) is 124 Å². The van der Waals surface area contributed by atoms with Gasteiger partial charge in [-0.2, -0.15) is 46.9 Å². The van der Waals surface area contributed by atoms with Crippen LogP contribution in [0.5, 0.6) is 0 Å². The number of unbranched alkanes of at least 4 members (excludes halogenated alkanes) is 3. The highest BCUT2D eigenvalue weighted by Gasteiger charge is 2.49. The Hall–Kier alpha value is -5.96. The SMILES string of the molecule is CC1(C)C(C=CC=C2N(CCCCCC(=O)NCCOCCOCCOCCOCCOCCC(=O)NCC#Cc3cn([C@@H]4O[C@H](COP(=O)(O)OP(=O)(O)OP(=O)(O)O)[C@@H](O)[C@H]4O)c4ncnc(N)c34)c3ccc(S(=O)(=O)O)cc3C2(C)CCCCS(=O)(=O)O)=[N+](CCCS(=O)(=O)O)c2ccc(S(=O)(=O)O)cc21. The first-order chi connectivity index (χ1) is 50.9. The van der Waals surface area contributed by atoms with E-state index in [1.165, 1.54) is 41.1 Å². The van der Waals surface area contributed by atoms with Crippen LogP contribution in [0.1, 0.15) is 101 Å². The number of anilines is 2. The summed E-state index contributed by atoms with van der Waals surface area (Å²) >= 11 is 0. The fourth-order valence-electron chi connectivity index (χ4n) is 12.2. The largest absolute Gasteiger partial charge is 0.490 e. The third-order valence-electron chi connectivity index (χ3n) is 17.3. The molecule has 40 nitrogen and oxygen atoms in total. The van der Waals surface area contributed by atoms with Crippen molar-refractivity contribution in [3.05, 3.63) is 89.5 Å². The molecule has 0 bridgehead atoms. The summed E-state index contributed by atoms with van der Waals surface area (Å²) in [5.41, 5.74) is 7.74. The molecule has 47 heteroatoms. The van der Waals surface area contributed by atoms with Crippen LogP contribution < -0.4 is 21.3 Å². The Balaban J connectivity index is 0.767. The van der Waals surface area contributed by atoms with Crippen LogP contribution in [0.2, 0.25) is 0 Å². The van der Waals surface area contributed by atoms with Crippen LogP contribution in [-0.4, -0.2) is 247 Å². The number of nitrogen functional groups attached to an aromatic ring is 1. The molecule has 4 aromatic rings. The summed E-state index contributed by atoms with van der Waals surface area (Å²) < 4.78 is 219. The zero-order valence-corrected chi connectivity index (χ0v) is 65.2. The first kappa shape index (κ1) is 90.2. The molecule has 5 heterocycles. The first-order valence-electron chi connectivity index (χ1n) is 33.7. The van der Waals surface area contributed by atoms with Gasteiger partial charge in [-0.05, 0) is 88.4 Å². The smallest absolute Gasteiger partial charge is 0.387 e. The van der Waals surface area contributed by atoms with Crippen LogP contribution in [0.4, 0.5) is 17.2 Å². The number of phosphoric ester groups is 1. The van der Waals surface area contributed by atoms with Crippen molar-refractivity contribution in [1.29, 1.82) is 0 Å². The Labute approximate surface area is 628 Å². The molecule has 109 heavy (non-hydrogen) atoms. The molecule has 2 aromatic carbocycles. The second kappa shape index (κ2) is 39.2. The number of amides is 2. The lowest BCUT2D eigenvalue weighted by atomic mass is 9.77. The average molecular weight is 1680 g/mol. The van der Waals surface area contributed by atoms with Gasteiger partial charge in [0.2, 0.25) is 17.5 Å². The molecule has 0 radical (unpaired) electrons. The van der Waals surface area contributed by atoms with Gasteiger partial charge in [0, 0.05) is 73.1 Å². The molecule has 1 fully saturated rings. The van der Waals surface area contributed by atoms with Gasteiger partial charge < -0.3 is 84.0 Å². The Morgan fingerprint density at radius 1 is 0.697 bits per heavy atom. The van der Waals surface area contributed by atoms with Gasteiger partial charge in [-0.3, -0.25) is 32.3 Å². The van der Waals surface area contributed by atoms with Crippen molar-refractivity contribution in [3.8, 4) is 11.8 Å². The summed E-state index contributed by atoms with van der Waals surface area (Å²) in [6.45, 7) is 7.25. The van der Waals surface area contributed by atoms with Crippen LogP contribution in [0.15, 0.2) is 82.6 Å². The maximum Gasteiger partial charge on any atom is 0.490 e. The number of carbonyl (C=O) groups is 2. The molecule has 3 unspecified atom stereocenters. The topological polar surface area (TPSA) is 594 Å². The second-order valence-corrected chi connectivity index (χ2v) is 36.0. The zero-order valence-electron chi connectivity index (χ0n) is 59.3. The van der Waals surface area contributed by atoms with Crippen LogP contribution in [0, 0.1) is 11.8 Å². The summed E-state index contributed by atoms with van der Waals surface area (Å²) in [6.07, 6.45) is 3.35. The number of hydrogen-bond acceptors (Lipinski definition) is 28. The summed E-state index contributed by atoms with van der Waals surface area (Å²) in [4.78, 5) is 71.4. The quantitative estimate of drug-likeness (QED) is 0.00994. The number of phosphoric acid groups is 3. The van der Waals surface area contributed by atoms with E-state index in [0.29, 0.717) is 59.7 Å². The number of rotatable bonds is 46. The number of aromatic nitrogens is 3. The fraction of sp³-hybridized carbons (Fsp3) is 0.565. The zero-order chi connectivity index (χ0) is 80.4. The predicted octanol–water partition coefficient (Wildman–Crippen LogP) is 2.72. The molecule has 7 rings (SSSR count). The van der Waals surface area contributed by atoms with Gasteiger partial charge in [-0.1, -0.05) is 30.8 Å². The lowest BCUT2D eigenvalue weighted by Gasteiger charge is -2.30. The molecular weight excluding hydrogens is 1590 g/mol. The Morgan fingerprint density at radius 2 is 1.28 bits per heavy atom. The Kier molecular flexibility index (Phi) is 32.4. The van der Waals surface area contributed by atoms with E-state index >= 15 is 0 Å². The van der Waals surface area contributed by atoms with Gasteiger partial charge in [0.15, 0.2) is 11.9 Å². The van der Waals surface area contributed by atoms with E-state index in [9.17, 15) is 95.2 Å². The molecule has 3 aliphatic rings. The highest BCUT2D eigenvalue weighted by molar-refractivity contribution is 7.86. The number of nitrogens with one attached hydrogen (secondary N) is 2. The molecule has 0 aliphatic carbocycles. The highest BCUT2D eigenvalue weighted by Crippen LogP contribution is 2.66. The number of fused-ring (bicyclic) bond motifs is 3. The normalized spacial score (nSPS) is 20.3. The van der Waals surface area contributed by atoms with Gasteiger partial charge in [0.25, 0.3) is 40.5 Å². The van der Waals surface area contributed by atoms with Crippen molar-refractivity contribution in [3.63, 3.8) is 0 Å². The van der Waals surface area contributed by atoms with E-state index in [-0.39, 0.29) is 168 Å². The Morgan fingerprint density at radius 3 is 1.90 bits per heavy atom. The summed E-state index contributed by atoms with van der Waals surface area (Å²) in [6, 6.07) is 8.24. The monoisotopic (exact) mass is 1680 g/mol. The summed E-state index contributed by atoms with van der Waals surface area (Å²) in [5, 5.41) is 27.2. The van der Waals surface area contributed by atoms with E-state index in [2.05, 4.69) is 45.6 Å². The van der Waals surface area contributed by atoms with Crippen LogP contribution in [0.25, 0.3) is 11.0 Å². The van der Waals surface area contributed by atoms with Gasteiger partial charge in [0.1, 0.15) is 42.6 Å². The van der Waals surface area contributed by atoms with E-state index in [1.54, 1.807) is 28.9 Å². The third-order valence-corrected chi connectivity index (χ3v) is 24.4. The van der Waals surface area contributed by atoms with Crippen LogP contribution in [0.3, 0.4) is 0 Å². The number of aliphatic hydroxyl groups excluding tert-OH is 2. The average Bonchev–Trinajstić information content (AvgIpc) is 1.59. The maximum atomic E-state index is 12.9. The molecule has 0 saturated carbocycles. The van der Waals surface area contributed by atoms with Crippen molar-refractivity contribution in [1.82, 2.24) is 25.2 Å². The minimum absolute atomic E-state index is 0.0107. The lowest BCUT2D eigenvalue weighted by Crippen LogP contribution is -2.33. The highest BCUT2D eigenvalue weighted by atomic mass is 32.2. The lowest BCUT2D eigenvalue weighted by molar-refractivity contribution is -0.437. The number of benzene rings is 2. The molecule has 1 saturated heterocycles. The van der Waals surface area contributed by atoms with Crippen molar-refractivity contribution >= 4 is 110 Å². The van der Waals surface area contributed by atoms with Crippen LogP contribution in [-0.2, 0) is 116 Å². The fourth-order valence-corrected chi connectivity index (χ4v) is 17.3. The van der Waals surface area contributed by atoms with Crippen molar-refractivity contribution in [2.75, 3.05) is 121 Å². The summed E-state index contributed by atoms with van der Waals surface area (Å²) in [7, 11) is -35.1. The molecule has 3 aliphatic heterocycles. The predicted molar refractivity (Wildman–Crippen MR) is 386 cm³/mol. The number of allylic oxidation sites excluding steroid dienone is 4. The van der Waals surface area contributed by atoms with Gasteiger partial charge in [0.05, 0.1) is 117 Å². The van der Waals surface area contributed by atoms with E-state index in [0.717, 1.165) is 6.33 Å². The number of carbonyl (C=O) groups excluding carboxylic acids is 2. The van der Waals surface area contributed by atoms with E-state index in [4.69, 9.17) is 43.9 Å². The number of nitrogens with two attached hydrogens (primary N) is 1. The Bertz CT molecular complexity index is 4680. The first-order valence-corrected chi connectivity index (χ1v) is 44.3. The molecular formula is C62H90N8O32P3S4+. The molecule has 7 atom stereocenters. The van der Waals surface area contributed by atoms with Crippen molar-refractivity contribution in [2.24, 2.45) is 0 Å². The molecule has 0 spiro atoms. The third kappa shape index (κ3) is 27.1. The second-order valence-electron chi connectivity index (χ2n) is 25.6. The van der Waals surface area contributed by atoms with Crippen LogP contribution >= 0.6 is 23.5 Å². The molecule has 2 amide bonds. The molecule has 608 valence electrons. The number of aliphatic hydroxyl groups is 2. The van der Waals surface area contributed by atoms with E-state index in [1.807, 2.05) is 25.7 Å². The minimum Gasteiger partial charge on any atom is -0.387 e. The van der Waals surface area contributed by atoms with E-state index < -0.39 is 117 Å². The molecule has 2 aromatic heterocycles. The number of nitrogens with zero attached hydrogens (tertiary/aromatic N) is 5. The number of ether oxygens (including phenoxy) is 6. The van der Waals surface area contributed by atoms with Gasteiger partial charge >= 0.3 is 23.5 Å². The number of hydrogen-bond donors (Lipinski definition) is 13. The standard InChI is InChI=1S/C62H89N8O32P3S4/c1-61(2)46-38-44(108(88,89)90)16-18-48(46)68(25-11-37-107(85,86)87)51(61)13-9-14-52-62(3,21-6-8-36-106(82,83)84)47-39-45(109(91,92)93)17-19-49(47)69(52)24-7-4-5-15-53(71)65-23-27-95-29-31-97-33-35-98-34-32-96-30-28-94-26-20-54(72)64-22-10-12-43-40-70(59-55(43)58(63)66-42-67-59)60-57(74)56(73)50(100-60)41-99-104(78,79)102-105(80,81)101-103(75,76)77/h9,13-14,16-19,38-40,42,50,56-57,60,73-74H,4-8,11,15,20-37,41H2,1-3H3,(H11-,63,64,65,66,67,71,72,75,76,77,78,79,80,81,82,83,84,85,86,87,88,89,90,91,92,93)/p+1/t50-,56-,57-,60-,62?/m1/s1. The van der Waals surface area contributed by atoms with Gasteiger partial charge in [-0.15, -0.1) is 0 Å². The maximum absolute atomic E-state index is 12.9. The minimum atomic E-state index is -5.84. The summed E-state index contributed by atoms with van der Waals surface area (Å²) in [5.74, 6) is 3.84. The van der Waals surface area contributed by atoms with Crippen molar-refractivity contribution < 1.29 is 151 Å².